The average Bonchev–Trinajstić information content (AvgIpc) is 2.79. The molecule has 0 spiro atoms. The molecule has 88 valence electrons. The Bertz CT molecular complexity index is 536. The van der Waals surface area contributed by atoms with Crippen molar-refractivity contribution in [2.24, 2.45) is 0 Å². The molecule has 2 rings (SSSR count). The van der Waals surface area contributed by atoms with Gasteiger partial charge in [0, 0.05) is 5.56 Å². The third kappa shape index (κ3) is 2.25. The maximum atomic E-state index is 10.9. The smallest absolute Gasteiger partial charge is 0.358 e. The minimum absolute atomic E-state index is 0.0985. The van der Waals surface area contributed by atoms with Crippen LogP contribution in [0.4, 0.5) is 0 Å². The maximum absolute atomic E-state index is 10.9. The summed E-state index contributed by atoms with van der Waals surface area (Å²) in [6, 6.07) is 7.06. The number of nitrogens with zero attached hydrogens (tertiary/aromatic N) is 2. The molecule has 0 saturated heterocycles. The molecular formula is C11H11N3O3. The fraction of sp³-hybridized carbons (Fsp3) is 0.182. The molecule has 2 aromatic rings. The molecule has 1 heterocycles. The van der Waals surface area contributed by atoms with E-state index >= 15 is 0 Å². The Labute approximate surface area is 97.2 Å². The van der Waals surface area contributed by atoms with Crippen molar-refractivity contribution in [1.82, 2.24) is 15.4 Å². The van der Waals surface area contributed by atoms with Gasteiger partial charge in [-0.3, -0.25) is 0 Å². The topological polar surface area (TPSA) is 88.1 Å². The molecule has 0 unspecified atom stereocenters. The van der Waals surface area contributed by atoms with Crippen molar-refractivity contribution >= 4 is 5.97 Å². The van der Waals surface area contributed by atoms with Gasteiger partial charge in [-0.2, -0.15) is 10.3 Å². The lowest BCUT2D eigenvalue weighted by atomic mass is 10.1. The van der Waals surface area contributed by atoms with Crippen LogP contribution in [0.2, 0.25) is 0 Å². The average molecular weight is 233 g/mol. The fourth-order valence-electron chi connectivity index (χ4n) is 1.48. The third-order valence-electron chi connectivity index (χ3n) is 2.17. The van der Waals surface area contributed by atoms with Gasteiger partial charge in [0.05, 0.1) is 6.61 Å². The largest absolute Gasteiger partial charge is 0.494 e. The van der Waals surface area contributed by atoms with E-state index in [2.05, 4.69) is 15.4 Å². The maximum Gasteiger partial charge on any atom is 0.358 e. The molecule has 0 bridgehead atoms. The first kappa shape index (κ1) is 11.1. The van der Waals surface area contributed by atoms with Crippen LogP contribution in [-0.2, 0) is 0 Å². The van der Waals surface area contributed by atoms with Crippen LogP contribution >= 0.6 is 0 Å². The van der Waals surface area contributed by atoms with Crippen molar-refractivity contribution in [3.05, 3.63) is 30.0 Å². The molecule has 1 aromatic carbocycles. The molecule has 6 heteroatoms. The van der Waals surface area contributed by atoms with Crippen LogP contribution in [0.25, 0.3) is 11.3 Å². The highest BCUT2D eigenvalue weighted by Gasteiger charge is 2.16. The molecule has 0 aliphatic carbocycles. The Balaban J connectivity index is 2.42. The van der Waals surface area contributed by atoms with Crippen LogP contribution in [0.1, 0.15) is 17.4 Å². The number of carboxylic acid groups (broad SMARTS) is 1. The summed E-state index contributed by atoms with van der Waals surface area (Å²) >= 11 is 0. The molecule has 0 amide bonds. The van der Waals surface area contributed by atoms with Gasteiger partial charge in [0.25, 0.3) is 0 Å². The summed E-state index contributed by atoms with van der Waals surface area (Å²) in [5.74, 6) is -0.445. The van der Waals surface area contributed by atoms with Gasteiger partial charge in [-0.05, 0) is 19.1 Å². The molecule has 0 radical (unpaired) electrons. The monoisotopic (exact) mass is 233 g/mol. The highest BCUT2D eigenvalue weighted by atomic mass is 16.5. The van der Waals surface area contributed by atoms with E-state index in [0.717, 1.165) is 0 Å². The van der Waals surface area contributed by atoms with Crippen LogP contribution in [0.5, 0.6) is 5.75 Å². The van der Waals surface area contributed by atoms with E-state index in [1.165, 1.54) is 0 Å². The summed E-state index contributed by atoms with van der Waals surface area (Å²) in [6.07, 6.45) is 0. The minimum atomic E-state index is -1.12. The number of carboxylic acids is 1. The summed E-state index contributed by atoms with van der Waals surface area (Å²) in [5, 5.41) is 18.7. The highest BCUT2D eigenvalue weighted by Crippen LogP contribution is 2.23. The summed E-state index contributed by atoms with van der Waals surface area (Å²) in [5.41, 5.74) is 0.861. The molecule has 2 N–H and O–H groups in total. The first-order chi connectivity index (χ1) is 8.22. The molecule has 0 saturated carbocycles. The zero-order valence-corrected chi connectivity index (χ0v) is 9.17. The van der Waals surface area contributed by atoms with Gasteiger partial charge in [-0.15, -0.1) is 5.10 Å². The first-order valence-corrected chi connectivity index (χ1v) is 5.09. The molecule has 1 aromatic heterocycles. The number of aromatic carboxylic acids is 1. The predicted octanol–water partition coefficient (Wildman–Crippen LogP) is 1.57. The van der Waals surface area contributed by atoms with Crippen LogP contribution < -0.4 is 4.74 Å². The lowest BCUT2D eigenvalue weighted by Gasteiger charge is -2.04. The molecule has 0 atom stereocenters. The lowest BCUT2D eigenvalue weighted by Crippen LogP contribution is -1.99. The second-order valence-electron chi connectivity index (χ2n) is 3.29. The highest BCUT2D eigenvalue weighted by molar-refractivity contribution is 5.92. The number of hydrogen-bond donors (Lipinski definition) is 2. The summed E-state index contributed by atoms with van der Waals surface area (Å²) in [4.78, 5) is 10.9. The summed E-state index contributed by atoms with van der Waals surface area (Å²) in [7, 11) is 0. The molecule has 17 heavy (non-hydrogen) atoms. The Hall–Kier alpha value is -2.37. The Kier molecular flexibility index (Phi) is 3.04. The number of aromatic amines is 1. The van der Waals surface area contributed by atoms with Gasteiger partial charge >= 0.3 is 5.97 Å². The lowest BCUT2D eigenvalue weighted by molar-refractivity contribution is 0.0691. The SMILES string of the molecule is CCOc1cccc(-c2n[nH]nc2C(=O)O)c1. The Morgan fingerprint density at radius 2 is 2.29 bits per heavy atom. The molecular weight excluding hydrogens is 222 g/mol. The number of H-pyrrole nitrogens is 1. The van der Waals surface area contributed by atoms with Gasteiger partial charge in [0.2, 0.25) is 0 Å². The van der Waals surface area contributed by atoms with Crippen molar-refractivity contribution in [2.75, 3.05) is 6.61 Å². The fourth-order valence-corrected chi connectivity index (χ4v) is 1.48. The normalized spacial score (nSPS) is 10.2. The van der Waals surface area contributed by atoms with Crippen molar-refractivity contribution in [3.8, 4) is 17.0 Å². The van der Waals surface area contributed by atoms with Crippen LogP contribution in [0, 0.1) is 0 Å². The molecule has 0 aliphatic heterocycles. The van der Waals surface area contributed by atoms with Crippen molar-refractivity contribution in [2.45, 2.75) is 6.92 Å². The molecule has 0 aliphatic rings. The van der Waals surface area contributed by atoms with Gasteiger partial charge in [-0.1, -0.05) is 12.1 Å². The van der Waals surface area contributed by atoms with E-state index in [9.17, 15) is 4.79 Å². The third-order valence-corrected chi connectivity index (χ3v) is 2.17. The first-order valence-electron chi connectivity index (χ1n) is 5.09. The van der Waals surface area contributed by atoms with Gasteiger partial charge in [0.1, 0.15) is 11.4 Å². The number of ether oxygens (including phenoxy) is 1. The predicted molar refractivity (Wildman–Crippen MR) is 59.9 cm³/mol. The molecule has 0 fully saturated rings. The second-order valence-corrected chi connectivity index (χ2v) is 3.29. The Morgan fingerprint density at radius 3 is 3.00 bits per heavy atom. The Morgan fingerprint density at radius 1 is 1.47 bits per heavy atom. The number of nitrogens with one attached hydrogen (secondary N) is 1. The van der Waals surface area contributed by atoms with E-state index in [-0.39, 0.29) is 5.69 Å². The van der Waals surface area contributed by atoms with E-state index < -0.39 is 5.97 Å². The number of carbonyl (C=O) groups is 1. The standard InChI is InChI=1S/C11H11N3O3/c1-2-17-8-5-3-4-7(6-8)9-10(11(15)16)13-14-12-9/h3-6H,2H2,1H3,(H,15,16)(H,12,13,14). The second kappa shape index (κ2) is 4.65. The van der Waals surface area contributed by atoms with Gasteiger partial charge in [0.15, 0.2) is 5.69 Å². The number of hydrogen-bond acceptors (Lipinski definition) is 4. The van der Waals surface area contributed by atoms with E-state index in [4.69, 9.17) is 9.84 Å². The van der Waals surface area contributed by atoms with Gasteiger partial charge < -0.3 is 9.84 Å². The quantitative estimate of drug-likeness (QED) is 0.836. The van der Waals surface area contributed by atoms with Gasteiger partial charge in [-0.25, -0.2) is 4.79 Å². The number of benzene rings is 1. The van der Waals surface area contributed by atoms with Crippen LogP contribution in [0.3, 0.4) is 0 Å². The van der Waals surface area contributed by atoms with Crippen LogP contribution in [0.15, 0.2) is 24.3 Å². The van der Waals surface area contributed by atoms with E-state index in [1.807, 2.05) is 6.92 Å². The minimum Gasteiger partial charge on any atom is -0.494 e. The van der Waals surface area contributed by atoms with E-state index in [0.29, 0.717) is 23.6 Å². The number of aromatic nitrogens is 3. The van der Waals surface area contributed by atoms with E-state index in [1.54, 1.807) is 24.3 Å². The number of rotatable bonds is 4. The van der Waals surface area contributed by atoms with Crippen molar-refractivity contribution in [1.29, 1.82) is 0 Å². The van der Waals surface area contributed by atoms with Crippen LogP contribution in [-0.4, -0.2) is 33.1 Å². The molecule has 6 nitrogen and oxygen atoms in total. The zero-order chi connectivity index (χ0) is 12.3. The summed E-state index contributed by atoms with van der Waals surface area (Å²) in [6.45, 7) is 2.43. The summed E-state index contributed by atoms with van der Waals surface area (Å²) < 4.78 is 5.34. The zero-order valence-electron chi connectivity index (χ0n) is 9.17. The van der Waals surface area contributed by atoms with Crippen molar-refractivity contribution < 1.29 is 14.6 Å². The van der Waals surface area contributed by atoms with Crippen molar-refractivity contribution in [3.63, 3.8) is 0 Å².